The van der Waals surface area contributed by atoms with Crippen molar-refractivity contribution in [2.45, 2.75) is 24.7 Å². The Morgan fingerprint density at radius 1 is 1.31 bits per heavy atom. The number of halogens is 1. The van der Waals surface area contributed by atoms with Crippen molar-refractivity contribution in [2.24, 2.45) is 5.92 Å². The third kappa shape index (κ3) is 4.79. The topological polar surface area (TPSA) is 9.23 Å². The fourth-order valence-electron chi connectivity index (χ4n) is 1.44. The summed E-state index contributed by atoms with van der Waals surface area (Å²) in [5, 5.41) is 1.10. The summed E-state index contributed by atoms with van der Waals surface area (Å²) in [6.45, 7) is 2.31. The molecule has 90 valence electrons. The summed E-state index contributed by atoms with van der Waals surface area (Å²) >= 11 is 5.37. The lowest BCUT2D eigenvalue weighted by atomic mass is 10.1. The summed E-state index contributed by atoms with van der Waals surface area (Å²) in [6.07, 6.45) is 2.51. The molecule has 0 heterocycles. The van der Waals surface area contributed by atoms with Crippen LogP contribution >= 0.6 is 27.7 Å². The normalized spacial score (nSPS) is 12.4. The monoisotopic (exact) mass is 302 g/mol. The average molecular weight is 303 g/mol. The van der Waals surface area contributed by atoms with E-state index in [0.29, 0.717) is 0 Å². The van der Waals surface area contributed by atoms with Crippen LogP contribution in [0.1, 0.15) is 19.8 Å². The first kappa shape index (κ1) is 13.9. The smallest absolute Gasteiger partial charge is 0.132 e. The van der Waals surface area contributed by atoms with E-state index in [1.165, 1.54) is 17.7 Å². The van der Waals surface area contributed by atoms with Crippen LogP contribution in [0.4, 0.5) is 0 Å². The molecule has 0 aliphatic carbocycles. The fraction of sp³-hybridized carbons (Fsp3) is 0.538. The van der Waals surface area contributed by atoms with Crippen molar-refractivity contribution in [3.8, 4) is 5.75 Å². The van der Waals surface area contributed by atoms with Gasteiger partial charge in [0.25, 0.3) is 0 Å². The highest BCUT2D eigenvalue weighted by molar-refractivity contribution is 9.09. The Labute approximate surface area is 111 Å². The van der Waals surface area contributed by atoms with E-state index in [4.69, 9.17) is 4.74 Å². The molecule has 0 amide bonds. The lowest BCUT2D eigenvalue weighted by Crippen LogP contribution is -1.97. The molecule has 0 aromatic heterocycles. The van der Waals surface area contributed by atoms with Crippen LogP contribution in [-0.2, 0) is 0 Å². The Balaban J connectivity index is 2.36. The van der Waals surface area contributed by atoms with Gasteiger partial charge in [-0.2, -0.15) is 0 Å². The van der Waals surface area contributed by atoms with E-state index in [2.05, 4.69) is 35.0 Å². The van der Waals surface area contributed by atoms with Gasteiger partial charge < -0.3 is 4.74 Å². The molecule has 1 rings (SSSR count). The highest BCUT2D eigenvalue weighted by Crippen LogP contribution is 2.30. The highest BCUT2D eigenvalue weighted by Gasteiger charge is 2.04. The molecule has 0 spiro atoms. The maximum atomic E-state index is 5.32. The molecule has 1 nitrogen and oxygen atoms in total. The summed E-state index contributed by atoms with van der Waals surface area (Å²) < 4.78 is 5.32. The first-order valence-electron chi connectivity index (χ1n) is 5.59. The maximum Gasteiger partial charge on any atom is 0.132 e. The largest absolute Gasteiger partial charge is 0.496 e. The van der Waals surface area contributed by atoms with E-state index in [1.807, 2.05) is 23.9 Å². The summed E-state index contributed by atoms with van der Waals surface area (Å²) in [5.41, 5.74) is 0. The molecule has 0 radical (unpaired) electrons. The van der Waals surface area contributed by atoms with E-state index in [1.54, 1.807) is 7.11 Å². The SMILES string of the molecule is COc1ccccc1SCCC(C)CCBr. The molecule has 0 aliphatic rings. The molecule has 16 heavy (non-hydrogen) atoms. The predicted octanol–water partition coefficient (Wildman–Crippen LogP) is 4.60. The van der Waals surface area contributed by atoms with Crippen molar-refractivity contribution in [3.63, 3.8) is 0 Å². The van der Waals surface area contributed by atoms with Crippen LogP contribution in [0.3, 0.4) is 0 Å². The summed E-state index contributed by atoms with van der Waals surface area (Å²) in [7, 11) is 1.73. The van der Waals surface area contributed by atoms with Gasteiger partial charge in [-0.3, -0.25) is 0 Å². The van der Waals surface area contributed by atoms with Gasteiger partial charge in [0.2, 0.25) is 0 Å². The molecule has 0 saturated heterocycles. The van der Waals surface area contributed by atoms with Crippen LogP contribution in [0.15, 0.2) is 29.2 Å². The minimum atomic E-state index is 0.793. The van der Waals surface area contributed by atoms with Crippen molar-refractivity contribution in [2.75, 3.05) is 18.2 Å². The standard InChI is InChI=1S/C13H19BrOS/c1-11(7-9-14)8-10-16-13-6-4-3-5-12(13)15-2/h3-6,11H,7-10H2,1-2H3. The summed E-state index contributed by atoms with van der Waals surface area (Å²) in [6, 6.07) is 8.21. The number of alkyl halides is 1. The van der Waals surface area contributed by atoms with Crippen LogP contribution in [-0.4, -0.2) is 18.2 Å². The quantitative estimate of drug-likeness (QED) is 0.538. The van der Waals surface area contributed by atoms with Gasteiger partial charge in [-0.25, -0.2) is 0 Å². The molecule has 0 N–H and O–H groups in total. The van der Waals surface area contributed by atoms with Gasteiger partial charge in [-0.05, 0) is 36.6 Å². The van der Waals surface area contributed by atoms with Crippen molar-refractivity contribution >= 4 is 27.7 Å². The van der Waals surface area contributed by atoms with Crippen LogP contribution in [0.25, 0.3) is 0 Å². The van der Waals surface area contributed by atoms with Crippen LogP contribution in [0.2, 0.25) is 0 Å². The van der Waals surface area contributed by atoms with Crippen LogP contribution in [0.5, 0.6) is 5.75 Å². The molecule has 1 unspecified atom stereocenters. The van der Waals surface area contributed by atoms with E-state index in [9.17, 15) is 0 Å². The zero-order chi connectivity index (χ0) is 11.8. The minimum Gasteiger partial charge on any atom is -0.496 e. The third-order valence-electron chi connectivity index (χ3n) is 2.54. The van der Waals surface area contributed by atoms with Gasteiger partial charge in [0.1, 0.15) is 5.75 Å². The Kier molecular flexibility index (Phi) is 6.97. The average Bonchev–Trinajstić information content (AvgIpc) is 2.30. The number of ether oxygens (including phenoxy) is 1. The van der Waals surface area contributed by atoms with Gasteiger partial charge in [0.15, 0.2) is 0 Å². The number of hydrogen-bond donors (Lipinski definition) is 0. The molecule has 0 saturated carbocycles. The summed E-state index contributed by atoms with van der Waals surface area (Å²) in [4.78, 5) is 1.25. The molecule has 0 aliphatic heterocycles. The van der Waals surface area contributed by atoms with Gasteiger partial charge in [0.05, 0.1) is 7.11 Å². The molecule has 1 atom stereocenters. The van der Waals surface area contributed by atoms with E-state index >= 15 is 0 Å². The fourth-order valence-corrected chi connectivity index (χ4v) is 3.43. The first-order chi connectivity index (χ1) is 7.77. The second-order valence-electron chi connectivity index (χ2n) is 3.87. The number of benzene rings is 1. The van der Waals surface area contributed by atoms with Crippen molar-refractivity contribution in [1.82, 2.24) is 0 Å². The molecule has 3 heteroatoms. The van der Waals surface area contributed by atoms with Crippen molar-refractivity contribution < 1.29 is 4.74 Å². The zero-order valence-corrected chi connectivity index (χ0v) is 12.3. The van der Waals surface area contributed by atoms with Gasteiger partial charge in [-0.15, -0.1) is 11.8 Å². The lowest BCUT2D eigenvalue weighted by Gasteiger charge is -2.10. The lowest BCUT2D eigenvalue weighted by molar-refractivity contribution is 0.405. The maximum absolute atomic E-state index is 5.32. The number of thioether (sulfide) groups is 1. The van der Waals surface area contributed by atoms with Crippen LogP contribution < -0.4 is 4.74 Å². The van der Waals surface area contributed by atoms with Crippen molar-refractivity contribution in [1.29, 1.82) is 0 Å². The number of methoxy groups -OCH3 is 1. The first-order valence-corrected chi connectivity index (χ1v) is 7.70. The molecule has 0 bridgehead atoms. The highest BCUT2D eigenvalue weighted by atomic mass is 79.9. The molecule has 1 aromatic rings. The second kappa shape index (κ2) is 8.02. The minimum absolute atomic E-state index is 0.793. The van der Waals surface area contributed by atoms with Gasteiger partial charge in [-0.1, -0.05) is 35.0 Å². The van der Waals surface area contributed by atoms with E-state index in [0.717, 1.165) is 22.8 Å². The second-order valence-corrected chi connectivity index (χ2v) is 5.80. The summed E-state index contributed by atoms with van der Waals surface area (Å²) in [5.74, 6) is 2.94. The zero-order valence-electron chi connectivity index (χ0n) is 9.91. The Morgan fingerprint density at radius 2 is 2.06 bits per heavy atom. The van der Waals surface area contributed by atoms with Gasteiger partial charge >= 0.3 is 0 Å². The molecule has 1 aromatic carbocycles. The third-order valence-corrected chi connectivity index (χ3v) is 4.09. The van der Waals surface area contributed by atoms with Crippen LogP contribution in [0, 0.1) is 5.92 Å². The predicted molar refractivity (Wildman–Crippen MR) is 75.9 cm³/mol. The molecular formula is C13H19BrOS. The number of para-hydroxylation sites is 1. The van der Waals surface area contributed by atoms with E-state index < -0.39 is 0 Å². The number of rotatable bonds is 7. The Bertz CT molecular complexity index is 304. The Morgan fingerprint density at radius 3 is 2.75 bits per heavy atom. The molecule has 0 fully saturated rings. The van der Waals surface area contributed by atoms with Crippen molar-refractivity contribution in [3.05, 3.63) is 24.3 Å². The number of hydrogen-bond acceptors (Lipinski definition) is 2. The van der Waals surface area contributed by atoms with E-state index in [-0.39, 0.29) is 0 Å². The Hall–Kier alpha value is -0.150. The van der Waals surface area contributed by atoms with Gasteiger partial charge in [0, 0.05) is 10.2 Å². The molecular weight excluding hydrogens is 284 g/mol.